The minimum atomic E-state index is 0.182. The Bertz CT molecular complexity index is 1120. The molecule has 176 valence electrons. The Morgan fingerprint density at radius 1 is 1.09 bits per heavy atom. The lowest BCUT2D eigenvalue weighted by Gasteiger charge is -2.38. The van der Waals surface area contributed by atoms with E-state index in [1.165, 1.54) is 10.4 Å². The summed E-state index contributed by atoms with van der Waals surface area (Å²) in [6.45, 7) is 5.19. The van der Waals surface area contributed by atoms with E-state index in [0.717, 1.165) is 80.9 Å². The summed E-state index contributed by atoms with van der Waals surface area (Å²) >= 11 is 1.69. The van der Waals surface area contributed by atoms with E-state index in [1.807, 2.05) is 13.2 Å². The lowest BCUT2D eigenvalue weighted by Crippen LogP contribution is -2.46. The highest BCUT2D eigenvalue weighted by Gasteiger charge is 2.30. The summed E-state index contributed by atoms with van der Waals surface area (Å²) < 4.78 is 19.6. The van der Waals surface area contributed by atoms with E-state index in [9.17, 15) is 0 Å². The molecule has 2 aliphatic heterocycles. The molecule has 5 heterocycles. The molecule has 6 rings (SSSR count). The first-order valence-corrected chi connectivity index (χ1v) is 12.7. The van der Waals surface area contributed by atoms with Gasteiger partial charge in [0.15, 0.2) is 0 Å². The molecule has 0 aromatic carbocycles. The van der Waals surface area contributed by atoms with Crippen LogP contribution in [0.1, 0.15) is 36.1 Å². The number of nitrogens with zero attached hydrogens (tertiary/aromatic N) is 5. The summed E-state index contributed by atoms with van der Waals surface area (Å²) in [6, 6.07) is 0.646. The molecule has 33 heavy (non-hydrogen) atoms. The summed E-state index contributed by atoms with van der Waals surface area (Å²) in [5.74, 6) is 1.26. The maximum absolute atomic E-state index is 6.62. The van der Waals surface area contributed by atoms with Crippen LogP contribution >= 0.6 is 11.3 Å². The van der Waals surface area contributed by atoms with Crippen LogP contribution in [0.5, 0.6) is 5.88 Å². The van der Waals surface area contributed by atoms with Gasteiger partial charge in [0.25, 0.3) is 0 Å². The van der Waals surface area contributed by atoms with Crippen molar-refractivity contribution < 1.29 is 14.2 Å². The summed E-state index contributed by atoms with van der Waals surface area (Å²) in [6.07, 6.45) is 9.17. The molecule has 0 amide bonds. The molecule has 0 atom stereocenters. The van der Waals surface area contributed by atoms with Crippen molar-refractivity contribution in [1.29, 1.82) is 0 Å². The molecule has 3 aromatic rings. The summed E-state index contributed by atoms with van der Waals surface area (Å²) in [4.78, 5) is 14.5. The van der Waals surface area contributed by atoms with Gasteiger partial charge in [-0.2, -0.15) is 10.1 Å². The number of aromatic nitrogens is 4. The van der Waals surface area contributed by atoms with E-state index in [0.29, 0.717) is 24.5 Å². The van der Waals surface area contributed by atoms with Gasteiger partial charge in [0.05, 0.1) is 43.7 Å². The molecule has 1 aliphatic carbocycles. The first kappa shape index (κ1) is 21.3. The fourth-order valence-corrected chi connectivity index (χ4v) is 6.32. The van der Waals surface area contributed by atoms with Gasteiger partial charge >= 0.3 is 0 Å². The number of fused-ring (bicyclic) bond motifs is 3. The molecule has 3 aromatic heterocycles. The van der Waals surface area contributed by atoms with Crippen LogP contribution in [0.3, 0.4) is 0 Å². The van der Waals surface area contributed by atoms with Crippen LogP contribution in [0.15, 0.2) is 12.4 Å². The number of morpholine rings is 1. The van der Waals surface area contributed by atoms with Crippen molar-refractivity contribution in [1.82, 2.24) is 24.6 Å². The van der Waals surface area contributed by atoms with Gasteiger partial charge in [-0.25, -0.2) is 4.98 Å². The summed E-state index contributed by atoms with van der Waals surface area (Å²) in [5.41, 5.74) is 2.16. The van der Waals surface area contributed by atoms with Crippen molar-refractivity contribution >= 4 is 33.2 Å². The second-order valence-electron chi connectivity index (χ2n) is 9.06. The second-order valence-corrected chi connectivity index (χ2v) is 10.1. The normalized spacial score (nSPS) is 24.0. The molecule has 9 nitrogen and oxygen atoms in total. The molecule has 0 bridgehead atoms. The molecule has 0 unspecified atom stereocenters. The first-order chi connectivity index (χ1) is 16.2. The zero-order valence-electron chi connectivity index (χ0n) is 19.0. The quantitative estimate of drug-likeness (QED) is 0.608. The lowest BCUT2D eigenvalue weighted by atomic mass is 9.91. The highest BCUT2D eigenvalue weighted by Crippen LogP contribution is 2.40. The van der Waals surface area contributed by atoms with E-state index < -0.39 is 0 Å². The molecule has 1 N–H and O–H groups in total. The minimum Gasteiger partial charge on any atom is -0.474 e. The zero-order valence-corrected chi connectivity index (χ0v) is 19.8. The van der Waals surface area contributed by atoms with Crippen molar-refractivity contribution in [2.75, 3.05) is 38.2 Å². The Balaban J connectivity index is 1.25. The smallest absolute Gasteiger partial charge is 0.232 e. The molecular weight excluding hydrogens is 440 g/mol. The Morgan fingerprint density at radius 3 is 2.73 bits per heavy atom. The van der Waals surface area contributed by atoms with Crippen molar-refractivity contribution in [3.63, 3.8) is 0 Å². The fourth-order valence-electron chi connectivity index (χ4n) is 5.18. The SMILES string of the molecule is Cn1cc(Nc2nc(OC3CCC(N4CCOCC4)CC3)c3c4c(sc3n2)COCC4)cn1. The Hall–Kier alpha value is -2.27. The average molecular weight is 471 g/mol. The van der Waals surface area contributed by atoms with E-state index in [2.05, 4.69) is 15.3 Å². The minimum absolute atomic E-state index is 0.182. The van der Waals surface area contributed by atoms with Crippen molar-refractivity contribution in [3.05, 3.63) is 22.8 Å². The van der Waals surface area contributed by atoms with Crippen LogP contribution in [0.2, 0.25) is 0 Å². The van der Waals surface area contributed by atoms with Gasteiger partial charge in [-0.3, -0.25) is 9.58 Å². The summed E-state index contributed by atoms with van der Waals surface area (Å²) in [5, 5.41) is 8.60. The van der Waals surface area contributed by atoms with Crippen LogP contribution < -0.4 is 10.1 Å². The Kier molecular flexibility index (Phi) is 5.91. The molecule has 1 saturated heterocycles. The van der Waals surface area contributed by atoms with Crippen molar-refractivity contribution in [3.8, 4) is 5.88 Å². The number of aryl methyl sites for hydroxylation is 1. The molecule has 2 fully saturated rings. The number of anilines is 2. The number of hydrogen-bond donors (Lipinski definition) is 1. The van der Waals surface area contributed by atoms with Gasteiger partial charge in [-0.1, -0.05) is 0 Å². The van der Waals surface area contributed by atoms with Gasteiger partial charge < -0.3 is 19.5 Å². The highest BCUT2D eigenvalue weighted by molar-refractivity contribution is 7.18. The highest BCUT2D eigenvalue weighted by atomic mass is 32.1. The molecule has 0 spiro atoms. The predicted octanol–water partition coefficient (Wildman–Crippen LogP) is 3.26. The molecule has 1 saturated carbocycles. The first-order valence-electron chi connectivity index (χ1n) is 11.9. The van der Waals surface area contributed by atoms with Crippen LogP contribution in [0.4, 0.5) is 11.6 Å². The van der Waals surface area contributed by atoms with Gasteiger partial charge in [0, 0.05) is 37.3 Å². The molecule has 3 aliphatic rings. The lowest BCUT2D eigenvalue weighted by molar-refractivity contribution is -0.00125. The Labute approximate surface area is 197 Å². The van der Waals surface area contributed by atoms with Gasteiger partial charge in [0.1, 0.15) is 10.9 Å². The fraction of sp³-hybridized carbons (Fsp3) is 0.609. The van der Waals surface area contributed by atoms with Crippen molar-refractivity contribution in [2.24, 2.45) is 7.05 Å². The summed E-state index contributed by atoms with van der Waals surface area (Å²) in [7, 11) is 1.89. The van der Waals surface area contributed by atoms with Crippen molar-refractivity contribution in [2.45, 2.75) is 50.9 Å². The monoisotopic (exact) mass is 470 g/mol. The van der Waals surface area contributed by atoms with Crippen LogP contribution in [0.25, 0.3) is 10.2 Å². The topological polar surface area (TPSA) is 86.6 Å². The second kappa shape index (κ2) is 9.17. The van der Waals surface area contributed by atoms with E-state index in [4.69, 9.17) is 24.2 Å². The molecule has 0 radical (unpaired) electrons. The third-order valence-electron chi connectivity index (χ3n) is 6.88. The van der Waals surface area contributed by atoms with Gasteiger partial charge in [-0.15, -0.1) is 11.3 Å². The standard InChI is InChI=1S/C23H30N6O3S/c1-28-13-15(12-24-28)25-23-26-21(20-18-6-9-31-14-19(18)33-22(20)27-23)32-17-4-2-16(3-5-17)29-7-10-30-11-8-29/h12-13,16-17H,2-11,14H2,1H3,(H,25,26,27). The zero-order chi connectivity index (χ0) is 22.2. The third-order valence-corrected chi connectivity index (χ3v) is 7.97. The maximum Gasteiger partial charge on any atom is 0.232 e. The number of thiophene rings is 1. The molecule has 10 heteroatoms. The van der Waals surface area contributed by atoms with Crippen LogP contribution in [-0.2, 0) is 29.5 Å². The largest absolute Gasteiger partial charge is 0.474 e. The Morgan fingerprint density at radius 2 is 1.94 bits per heavy atom. The van der Waals surface area contributed by atoms with Crippen LogP contribution in [0, 0.1) is 0 Å². The number of ether oxygens (including phenoxy) is 3. The number of rotatable bonds is 5. The molecular formula is C23H30N6O3S. The predicted molar refractivity (Wildman–Crippen MR) is 126 cm³/mol. The van der Waals surface area contributed by atoms with Gasteiger partial charge in [-0.05, 0) is 37.7 Å². The number of hydrogen-bond acceptors (Lipinski definition) is 9. The maximum atomic E-state index is 6.62. The van der Waals surface area contributed by atoms with E-state index in [-0.39, 0.29) is 6.10 Å². The third kappa shape index (κ3) is 4.44. The van der Waals surface area contributed by atoms with E-state index >= 15 is 0 Å². The average Bonchev–Trinajstić information content (AvgIpc) is 3.43. The van der Waals surface area contributed by atoms with E-state index in [1.54, 1.807) is 22.2 Å². The van der Waals surface area contributed by atoms with Crippen LogP contribution in [-0.4, -0.2) is 69.7 Å². The number of nitrogens with one attached hydrogen (secondary N) is 1. The van der Waals surface area contributed by atoms with Gasteiger partial charge in [0.2, 0.25) is 11.8 Å².